The minimum atomic E-state index is -0.549. The van der Waals surface area contributed by atoms with Gasteiger partial charge in [-0.1, -0.05) is 13.0 Å². The van der Waals surface area contributed by atoms with Gasteiger partial charge < -0.3 is 29.5 Å². The van der Waals surface area contributed by atoms with Crippen molar-refractivity contribution in [3.63, 3.8) is 0 Å². The highest BCUT2D eigenvalue weighted by molar-refractivity contribution is 5.43. The molecule has 1 heterocycles. The minimum absolute atomic E-state index is 0.236. The summed E-state index contributed by atoms with van der Waals surface area (Å²) >= 11 is 0. The molecule has 2 N–H and O–H groups in total. The average molecular weight is 367 g/mol. The molecule has 1 aliphatic heterocycles. The number of benzene rings is 1. The summed E-state index contributed by atoms with van der Waals surface area (Å²) in [6.07, 6.45) is -0.549. The van der Waals surface area contributed by atoms with Gasteiger partial charge in [0.15, 0.2) is 11.5 Å². The Balaban J connectivity index is 1.87. The summed E-state index contributed by atoms with van der Waals surface area (Å²) in [5.74, 6) is 1.34. The molecule has 0 aliphatic carbocycles. The van der Waals surface area contributed by atoms with Crippen LogP contribution in [-0.4, -0.2) is 69.2 Å². The molecule has 0 amide bonds. The van der Waals surface area contributed by atoms with Gasteiger partial charge >= 0.3 is 0 Å². The molecule has 26 heavy (non-hydrogen) atoms. The van der Waals surface area contributed by atoms with Crippen LogP contribution in [0.5, 0.6) is 11.5 Å². The Morgan fingerprint density at radius 3 is 2.62 bits per heavy atom. The first-order chi connectivity index (χ1) is 12.3. The molecule has 1 saturated heterocycles. The summed E-state index contributed by atoms with van der Waals surface area (Å²) in [5.41, 5.74) is 1.37. The Hall–Kier alpha value is -1.34. The molecule has 1 aliphatic rings. The summed E-state index contributed by atoms with van der Waals surface area (Å²) in [4.78, 5) is 2.09. The molecule has 148 valence electrons. The number of methoxy groups -OCH3 is 1. The van der Waals surface area contributed by atoms with E-state index in [2.05, 4.69) is 31.0 Å². The SMILES string of the molecule is COc1ccc(CNCC2(C)COC2)cc1OCC(O)CN(C)C(C)C. The fraction of sp³-hybridized carbons (Fsp3) is 0.700. The molecular formula is C20H34N2O4. The van der Waals surface area contributed by atoms with Crippen LogP contribution >= 0.6 is 0 Å². The number of likely N-dealkylation sites (N-methyl/N-ethyl adjacent to an activating group) is 1. The third-order valence-corrected chi connectivity index (χ3v) is 4.82. The monoisotopic (exact) mass is 366 g/mol. The second kappa shape index (κ2) is 9.55. The molecular weight excluding hydrogens is 332 g/mol. The van der Waals surface area contributed by atoms with Crippen LogP contribution in [0.3, 0.4) is 0 Å². The summed E-state index contributed by atoms with van der Waals surface area (Å²) in [7, 11) is 3.62. The molecule has 1 aromatic carbocycles. The molecule has 0 aromatic heterocycles. The first-order valence-electron chi connectivity index (χ1n) is 9.29. The Bertz CT molecular complexity index is 561. The Labute approximate surface area is 157 Å². The second-order valence-corrected chi connectivity index (χ2v) is 7.89. The van der Waals surface area contributed by atoms with Crippen molar-refractivity contribution in [2.45, 2.75) is 39.5 Å². The maximum atomic E-state index is 10.2. The van der Waals surface area contributed by atoms with Crippen LogP contribution in [0.15, 0.2) is 18.2 Å². The lowest BCUT2D eigenvalue weighted by Crippen LogP contribution is -2.47. The smallest absolute Gasteiger partial charge is 0.161 e. The number of rotatable bonds is 11. The molecule has 6 nitrogen and oxygen atoms in total. The van der Waals surface area contributed by atoms with E-state index in [1.807, 2.05) is 25.2 Å². The van der Waals surface area contributed by atoms with E-state index in [1.165, 1.54) is 0 Å². The first-order valence-corrected chi connectivity index (χ1v) is 9.29. The Morgan fingerprint density at radius 2 is 2.04 bits per heavy atom. The molecule has 1 fully saturated rings. The van der Waals surface area contributed by atoms with Gasteiger partial charge in [-0.3, -0.25) is 0 Å². The fourth-order valence-electron chi connectivity index (χ4n) is 2.79. The molecule has 6 heteroatoms. The van der Waals surface area contributed by atoms with Gasteiger partial charge in [-0.15, -0.1) is 0 Å². The number of nitrogens with one attached hydrogen (secondary N) is 1. The van der Waals surface area contributed by atoms with Crippen LogP contribution in [0.4, 0.5) is 0 Å². The topological polar surface area (TPSA) is 63.2 Å². The average Bonchev–Trinajstić information content (AvgIpc) is 2.58. The van der Waals surface area contributed by atoms with Crippen molar-refractivity contribution < 1.29 is 19.3 Å². The van der Waals surface area contributed by atoms with Crippen LogP contribution in [0, 0.1) is 5.41 Å². The van der Waals surface area contributed by atoms with Crippen LogP contribution < -0.4 is 14.8 Å². The second-order valence-electron chi connectivity index (χ2n) is 7.89. The molecule has 1 unspecified atom stereocenters. The largest absolute Gasteiger partial charge is 0.493 e. The number of aliphatic hydroxyl groups is 1. The van der Waals surface area contributed by atoms with E-state index in [4.69, 9.17) is 14.2 Å². The van der Waals surface area contributed by atoms with Crippen molar-refractivity contribution in [2.24, 2.45) is 5.41 Å². The lowest BCUT2D eigenvalue weighted by atomic mass is 9.89. The van der Waals surface area contributed by atoms with Gasteiger partial charge in [0.25, 0.3) is 0 Å². The standard InChI is InChI=1S/C20H34N2O4/c1-15(2)22(4)10-17(23)11-26-19-8-16(6-7-18(19)24-5)9-21-12-20(3)13-25-14-20/h6-8,15,17,21,23H,9-14H2,1-5H3. The number of aliphatic hydroxyl groups excluding tert-OH is 1. The van der Waals surface area contributed by atoms with Crippen molar-refractivity contribution in [3.8, 4) is 11.5 Å². The molecule has 0 bridgehead atoms. The van der Waals surface area contributed by atoms with Crippen molar-refractivity contribution in [1.29, 1.82) is 0 Å². The zero-order valence-electron chi connectivity index (χ0n) is 16.7. The van der Waals surface area contributed by atoms with Gasteiger partial charge in [0, 0.05) is 31.1 Å². The molecule has 2 rings (SSSR count). The fourth-order valence-corrected chi connectivity index (χ4v) is 2.79. The van der Waals surface area contributed by atoms with Gasteiger partial charge in [-0.25, -0.2) is 0 Å². The third-order valence-electron chi connectivity index (χ3n) is 4.82. The Kier molecular flexibility index (Phi) is 7.70. The lowest BCUT2D eigenvalue weighted by Gasteiger charge is -2.38. The highest BCUT2D eigenvalue weighted by Gasteiger charge is 2.32. The highest BCUT2D eigenvalue weighted by atomic mass is 16.5. The highest BCUT2D eigenvalue weighted by Crippen LogP contribution is 2.29. The summed E-state index contributed by atoms with van der Waals surface area (Å²) < 4.78 is 16.5. The maximum absolute atomic E-state index is 10.2. The normalized spacial score (nSPS) is 17.2. The number of hydrogen-bond acceptors (Lipinski definition) is 6. The van der Waals surface area contributed by atoms with E-state index in [0.717, 1.165) is 31.9 Å². The zero-order valence-corrected chi connectivity index (χ0v) is 16.7. The zero-order chi connectivity index (χ0) is 19.2. The van der Waals surface area contributed by atoms with E-state index in [9.17, 15) is 5.11 Å². The maximum Gasteiger partial charge on any atom is 0.161 e. The van der Waals surface area contributed by atoms with E-state index < -0.39 is 6.10 Å². The van der Waals surface area contributed by atoms with Gasteiger partial charge in [0.2, 0.25) is 0 Å². The lowest BCUT2D eigenvalue weighted by molar-refractivity contribution is -0.0991. The number of hydrogen-bond donors (Lipinski definition) is 2. The predicted octanol–water partition coefficient (Wildman–Crippen LogP) is 1.90. The van der Waals surface area contributed by atoms with E-state index in [1.54, 1.807) is 7.11 Å². The van der Waals surface area contributed by atoms with Gasteiger partial charge in [-0.2, -0.15) is 0 Å². The first kappa shape index (κ1) is 21.0. The summed E-state index contributed by atoms with van der Waals surface area (Å²) in [6.45, 7) is 10.6. The minimum Gasteiger partial charge on any atom is -0.493 e. The predicted molar refractivity (Wildman–Crippen MR) is 103 cm³/mol. The van der Waals surface area contributed by atoms with Crippen molar-refractivity contribution in [3.05, 3.63) is 23.8 Å². The molecule has 0 radical (unpaired) electrons. The van der Waals surface area contributed by atoms with Crippen LogP contribution in [-0.2, 0) is 11.3 Å². The molecule has 0 spiro atoms. The van der Waals surface area contributed by atoms with Gasteiger partial charge in [-0.05, 0) is 38.6 Å². The van der Waals surface area contributed by atoms with Crippen LogP contribution in [0.25, 0.3) is 0 Å². The quantitative estimate of drug-likeness (QED) is 0.624. The van der Waals surface area contributed by atoms with Gasteiger partial charge in [0.1, 0.15) is 12.7 Å². The third kappa shape index (κ3) is 6.13. The van der Waals surface area contributed by atoms with E-state index in [0.29, 0.717) is 24.1 Å². The molecule has 1 atom stereocenters. The number of nitrogens with zero attached hydrogens (tertiary/aromatic N) is 1. The molecule has 1 aromatic rings. The van der Waals surface area contributed by atoms with Gasteiger partial charge in [0.05, 0.1) is 20.3 Å². The van der Waals surface area contributed by atoms with Crippen molar-refractivity contribution in [2.75, 3.05) is 47.1 Å². The van der Waals surface area contributed by atoms with Crippen LogP contribution in [0.2, 0.25) is 0 Å². The summed E-state index contributed by atoms with van der Waals surface area (Å²) in [6, 6.07) is 6.30. The number of ether oxygens (including phenoxy) is 3. The Morgan fingerprint density at radius 1 is 1.31 bits per heavy atom. The van der Waals surface area contributed by atoms with Crippen LogP contribution in [0.1, 0.15) is 26.3 Å². The van der Waals surface area contributed by atoms with E-state index in [-0.39, 0.29) is 12.0 Å². The summed E-state index contributed by atoms with van der Waals surface area (Å²) in [5, 5.41) is 13.7. The van der Waals surface area contributed by atoms with Crippen molar-refractivity contribution >= 4 is 0 Å². The van der Waals surface area contributed by atoms with Crippen molar-refractivity contribution in [1.82, 2.24) is 10.2 Å². The molecule has 0 saturated carbocycles. The van der Waals surface area contributed by atoms with E-state index >= 15 is 0 Å².